The van der Waals surface area contributed by atoms with Crippen LogP contribution in [0.15, 0.2) is 54.6 Å². The molecule has 162 valence electrons. The van der Waals surface area contributed by atoms with E-state index in [1.807, 2.05) is 30.3 Å². The van der Waals surface area contributed by atoms with Gasteiger partial charge in [-0.15, -0.1) is 11.3 Å². The molecule has 3 aromatic rings. The van der Waals surface area contributed by atoms with E-state index in [0.29, 0.717) is 18.5 Å². The van der Waals surface area contributed by atoms with Gasteiger partial charge >= 0.3 is 6.18 Å². The van der Waals surface area contributed by atoms with Gasteiger partial charge in [0.2, 0.25) is 11.8 Å². The number of nitrogens with one attached hydrogen (secondary N) is 1. The number of amides is 2. The van der Waals surface area contributed by atoms with Gasteiger partial charge in [-0.1, -0.05) is 30.3 Å². The molecule has 1 N–H and O–H groups in total. The SMILES string of the molecule is O=C(NCc1cc2ccccc2s1)C1CCC(=O)N(Cc2cccc(C(F)(F)F)c2)C1. The summed E-state index contributed by atoms with van der Waals surface area (Å²) in [5.74, 6) is -0.664. The zero-order valence-corrected chi connectivity index (χ0v) is 17.4. The highest BCUT2D eigenvalue weighted by Crippen LogP contribution is 2.30. The lowest BCUT2D eigenvalue weighted by Crippen LogP contribution is -2.45. The first kappa shape index (κ1) is 21.4. The van der Waals surface area contributed by atoms with Crippen molar-refractivity contribution in [3.05, 3.63) is 70.6 Å². The number of thiophene rings is 1. The third-order valence-corrected chi connectivity index (χ3v) is 6.53. The molecule has 0 bridgehead atoms. The number of rotatable bonds is 5. The number of piperidine rings is 1. The van der Waals surface area contributed by atoms with Crippen LogP contribution in [0.2, 0.25) is 0 Å². The van der Waals surface area contributed by atoms with E-state index in [-0.39, 0.29) is 37.2 Å². The molecule has 4 rings (SSSR count). The minimum absolute atomic E-state index is 0.0584. The van der Waals surface area contributed by atoms with Crippen molar-refractivity contribution in [1.82, 2.24) is 10.2 Å². The molecular formula is C23H21F3N2O2S. The second kappa shape index (κ2) is 8.70. The molecule has 1 aromatic heterocycles. The number of halogens is 3. The van der Waals surface area contributed by atoms with E-state index in [1.54, 1.807) is 17.4 Å². The van der Waals surface area contributed by atoms with Crippen molar-refractivity contribution in [2.24, 2.45) is 5.92 Å². The Morgan fingerprint density at radius 3 is 2.71 bits per heavy atom. The van der Waals surface area contributed by atoms with Crippen LogP contribution < -0.4 is 5.32 Å². The largest absolute Gasteiger partial charge is 0.416 e. The van der Waals surface area contributed by atoms with Gasteiger partial charge in [0.05, 0.1) is 18.0 Å². The molecule has 31 heavy (non-hydrogen) atoms. The first-order valence-electron chi connectivity index (χ1n) is 9.98. The van der Waals surface area contributed by atoms with Gasteiger partial charge in [-0.2, -0.15) is 13.2 Å². The summed E-state index contributed by atoms with van der Waals surface area (Å²) in [5, 5.41) is 4.07. The number of benzene rings is 2. The second-order valence-electron chi connectivity index (χ2n) is 7.68. The summed E-state index contributed by atoms with van der Waals surface area (Å²) in [4.78, 5) is 27.5. The number of carbonyl (C=O) groups excluding carboxylic acids is 2. The van der Waals surface area contributed by atoms with Gasteiger partial charge < -0.3 is 10.2 Å². The Hall–Kier alpha value is -2.87. The molecule has 0 aliphatic carbocycles. The lowest BCUT2D eigenvalue weighted by atomic mass is 9.96. The Labute approximate surface area is 181 Å². The quantitative estimate of drug-likeness (QED) is 0.601. The number of carbonyl (C=O) groups is 2. The van der Waals surface area contributed by atoms with E-state index in [4.69, 9.17) is 0 Å². The van der Waals surface area contributed by atoms with Crippen LogP contribution in [0, 0.1) is 5.92 Å². The van der Waals surface area contributed by atoms with Crippen LogP contribution in [-0.4, -0.2) is 23.3 Å². The predicted octanol–water partition coefficient (Wildman–Crippen LogP) is 4.98. The molecule has 8 heteroatoms. The molecule has 1 aliphatic rings. The average molecular weight is 446 g/mol. The Bertz CT molecular complexity index is 1080. The fourth-order valence-electron chi connectivity index (χ4n) is 3.79. The molecule has 0 saturated carbocycles. The van der Waals surface area contributed by atoms with Crippen LogP contribution >= 0.6 is 11.3 Å². The van der Waals surface area contributed by atoms with E-state index in [2.05, 4.69) is 5.32 Å². The highest BCUT2D eigenvalue weighted by atomic mass is 32.1. The maximum Gasteiger partial charge on any atom is 0.416 e. The zero-order chi connectivity index (χ0) is 22.0. The van der Waals surface area contributed by atoms with E-state index in [1.165, 1.54) is 11.0 Å². The topological polar surface area (TPSA) is 49.4 Å². The second-order valence-corrected chi connectivity index (χ2v) is 8.84. The molecule has 1 unspecified atom stereocenters. The van der Waals surface area contributed by atoms with E-state index < -0.39 is 11.7 Å². The third kappa shape index (κ3) is 5.07. The van der Waals surface area contributed by atoms with Crippen LogP contribution in [0.25, 0.3) is 10.1 Å². The van der Waals surface area contributed by atoms with E-state index in [0.717, 1.165) is 27.1 Å². The standard InChI is InChI=1S/C23H21F3N2O2S/c24-23(25,26)18-6-3-4-15(10-18)13-28-14-17(8-9-21(28)29)22(30)27-12-19-11-16-5-1-2-7-20(16)31-19/h1-7,10-11,17H,8-9,12-14H2,(H,27,30). The summed E-state index contributed by atoms with van der Waals surface area (Å²) < 4.78 is 40.0. The molecule has 0 radical (unpaired) electrons. The lowest BCUT2D eigenvalue weighted by molar-refractivity contribution is -0.139. The summed E-state index contributed by atoms with van der Waals surface area (Å²) in [6, 6.07) is 15.0. The minimum Gasteiger partial charge on any atom is -0.351 e. The number of hydrogen-bond donors (Lipinski definition) is 1. The first-order valence-corrected chi connectivity index (χ1v) is 10.8. The number of likely N-dealkylation sites (tertiary alicyclic amines) is 1. The smallest absolute Gasteiger partial charge is 0.351 e. The van der Waals surface area contributed by atoms with Crippen LogP contribution in [0.3, 0.4) is 0 Å². The van der Waals surface area contributed by atoms with Crippen LogP contribution in [-0.2, 0) is 28.9 Å². The molecule has 1 fully saturated rings. The molecule has 2 heterocycles. The van der Waals surface area contributed by atoms with Crippen molar-refractivity contribution in [2.75, 3.05) is 6.54 Å². The number of fused-ring (bicyclic) bond motifs is 1. The van der Waals surface area contributed by atoms with Gasteiger partial charge in [-0.25, -0.2) is 0 Å². The number of alkyl halides is 3. The summed E-state index contributed by atoms with van der Waals surface area (Å²) in [6.07, 6.45) is -3.78. The molecule has 2 aromatic carbocycles. The first-order chi connectivity index (χ1) is 14.8. The van der Waals surface area contributed by atoms with Crippen molar-refractivity contribution in [3.8, 4) is 0 Å². The monoisotopic (exact) mass is 446 g/mol. The number of nitrogens with zero attached hydrogens (tertiary/aromatic N) is 1. The molecule has 0 spiro atoms. The normalized spacial score (nSPS) is 17.2. The summed E-state index contributed by atoms with van der Waals surface area (Å²) in [6.45, 7) is 0.673. The summed E-state index contributed by atoms with van der Waals surface area (Å²) in [5.41, 5.74) is -0.346. The van der Waals surface area contributed by atoms with E-state index in [9.17, 15) is 22.8 Å². The van der Waals surface area contributed by atoms with Gasteiger partial charge in [0.1, 0.15) is 0 Å². The molecule has 4 nitrogen and oxygen atoms in total. The van der Waals surface area contributed by atoms with Crippen molar-refractivity contribution >= 4 is 33.2 Å². The highest BCUT2D eigenvalue weighted by Gasteiger charge is 2.32. The van der Waals surface area contributed by atoms with Crippen molar-refractivity contribution in [3.63, 3.8) is 0 Å². The molecule has 1 saturated heterocycles. The Morgan fingerprint density at radius 1 is 1.13 bits per heavy atom. The van der Waals surface area contributed by atoms with Crippen molar-refractivity contribution in [1.29, 1.82) is 0 Å². The zero-order valence-electron chi connectivity index (χ0n) is 16.6. The lowest BCUT2D eigenvalue weighted by Gasteiger charge is -2.32. The Balaban J connectivity index is 1.37. The van der Waals surface area contributed by atoms with Crippen LogP contribution in [0.4, 0.5) is 13.2 Å². The summed E-state index contributed by atoms with van der Waals surface area (Å²) >= 11 is 1.62. The Kier molecular flexibility index (Phi) is 6.00. The van der Waals surface area contributed by atoms with Gasteiger partial charge in [0.25, 0.3) is 0 Å². The maximum absolute atomic E-state index is 13.0. The van der Waals surface area contributed by atoms with Gasteiger partial charge in [-0.3, -0.25) is 9.59 Å². The van der Waals surface area contributed by atoms with Gasteiger partial charge in [0, 0.05) is 29.1 Å². The maximum atomic E-state index is 13.0. The fourth-order valence-corrected chi connectivity index (χ4v) is 4.79. The predicted molar refractivity (Wildman–Crippen MR) is 113 cm³/mol. The molecule has 2 amide bonds. The molecule has 1 atom stereocenters. The average Bonchev–Trinajstić information content (AvgIpc) is 3.16. The fraction of sp³-hybridized carbons (Fsp3) is 0.304. The highest BCUT2D eigenvalue weighted by molar-refractivity contribution is 7.19. The van der Waals surface area contributed by atoms with E-state index >= 15 is 0 Å². The minimum atomic E-state index is -4.43. The third-order valence-electron chi connectivity index (χ3n) is 5.41. The van der Waals surface area contributed by atoms with Gasteiger partial charge in [-0.05, 0) is 41.6 Å². The van der Waals surface area contributed by atoms with Gasteiger partial charge in [0.15, 0.2) is 0 Å². The van der Waals surface area contributed by atoms with Crippen molar-refractivity contribution < 1.29 is 22.8 Å². The van der Waals surface area contributed by atoms with Crippen LogP contribution in [0.1, 0.15) is 28.8 Å². The van der Waals surface area contributed by atoms with Crippen molar-refractivity contribution in [2.45, 2.75) is 32.1 Å². The molecular weight excluding hydrogens is 425 g/mol. The molecule has 1 aliphatic heterocycles. The summed E-state index contributed by atoms with van der Waals surface area (Å²) in [7, 11) is 0. The Morgan fingerprint density at radius 2 is 1.94 bits per heavy atom. The van der Waals surface area contributed by atoms with Crippen LogP contribution in [0.5, 0.6) is 0 Å². The number of hydrogen-bond acceptors (Lipinski definition) is 3.